The molecule has 0 fully saturated rings. The molecule has 2 heterocycles. The lowest BCUT2D eigenvalue weighted by molar-refractivity contribution is 0.244. The molecule has 1 aliphatic rings. The summed E-state index contributed by atoms with van der Waals surface area (Å²) in [7, 11) is 1.59. The van der Waals surface area contributed by atoms with Crippen LogP contribution in [-0.2, 0) is 19.5 Å². The number of hydrogen-bond acceptors (Lipinski definition) is 4. The molecule has 0 radical (unpaired) electrons. The van der Waals surface area contributed by atoms with Gasteiger partial charge in [0.15, 0.2) is 5.82 Å². The second-order valence-corrected chi connectivity index (χ2v) is 6.05. The van der Waals surface area contributed by atoms with Crippen LogP contribution in [0, 0.1) is 0 Å². The third-order valence-electron chi connectivity index (χ3n) is 4.48. The van der Waals surface area contributed by atoms with Crippen LogP contribution in [0.1, 0.15) is 11.4 Å². The minimum atomic E-state index is -0.390. The van der Waals surface area contributed by atoms with E-state index in [4.69, 9.17) is 4.74 Å². The molecule has 3 aromatic rings. The van der Waals surface area contributed by atoms with Crippen LogP contribution in [0.25, 0.3) is 0 Å². The highest BCUT2D eigenvalue weighted by Crippen LogP contribution is 2.25. The molecular formula is C19H18N4O3. The normalized spacial score (nSPS) is 13.1. The van der Waals surface area contributed by atoms with Crippen molar-refractivity contribution in [2.24, 2.45) is 0 Å². The lowest BCUT2D eigenvalue weighted by atomic mass is 10.1. The monoisotopic (exact) mass is 350 g/mol. The fraction of sp³-hybridized carbons (Fsp3) is 0.211. The van der Waals surface area contributed by atoms with Gasteiger partial charge >= 0.3 is 11.7 Å². The number of ether oxygens (including phenoxy) is 1. The first-order valence-electron chi connectivity index (χ1n) is 8.36. The Kier molecular flexibility index (Phi) is 4.04. The van der Waals surface area contributed by atoms with Crippen molar-refractivity contribution in [3.05, 3.63) is 76.5 Å². The van der Waals surface area contributed by atoms with Gasteiger partial charge in [0.25, 0.3) is 0 Å². The molecule has 0 spiro atoms. The Labute approximate surface area is 150 Å². The number of aryl methyl sites for hydroxylation is 1. The van der Waals surface area contributed by atoms with Crippen LogP contribution in [-0.4, -0.2) is 27.5 Å². The summed E-state index contributed by atoms with van der Waals surface area (Å²) in [6, 6.07) is 16.8. The highest BCUT2D eigenvalue weighted by Gasteiger charge is 2.33. The fourth-order valence-electron chi connectivity index (χ4n) is 3.12. The summed E-state index contributed by atoms with van der Waals surface area (Å²) in [4.78, 5) is 30.7. The Hall–Kier alpha value is -3.35. The Morgan fingerprint density at radius 3 is 2.46 bits per heavy atom. The molecule has 0 bridgehead atoms. The van der Waals surface area contributed by atoms with E-state index in [0.717, 1.165) is 17.0 Å². The number of carbonyl (C=O) groups excluding carboxylic acids is 1. The second-order valence-electron chi connectivity index (χ2n) is 6.05. The molecule has 1 aromatic heterocycles. The maximum Gasteiger partial charge on any atom is 0.364 e. The topological polar surface area (TPSA) is 69.4 Å². The quantitative estimate of drug-likeness (QED) is 0.708. The zero-order valence-electron chi connectivity index (χ0n) is 14.3. The summed E-state index contributed by atoms with van der Waals surface area (Å²) in [5.74, 6) is 1.18. The van der Waals surface area contributed by atoms with Gasteiger partial charge in [0.1, 0.15) is 5.75 Å². The van der Waals surface area contributed by atoms with Crippen molar-refractivity contribution in [2.45, 2.75) is 19.5 Å². The van der Waals surface area contributed by atoms with E-state index in [-0.39, 0.29) is 12.6 Å². The molecular weight excluding hydrogens is 332 g/mol. The van der Waals surface area contributed by atoms with Crippen molar-refractivity contribution in [2.75, 3.05) is 12.0 Å². The highest BCUT2D eigenvalue weighted by atomic mass is 16.5. The number of carbonyl (C=O) groups is 1. The summed E-state index contributed by atoms with van der Waals surface area (Å²) >= 11 is 0. The third-order valence-corrected chi connectivity index (χ3v) is 4.48. The van der Waals surface area contributed by atoms with Crippen molar-refractivity contribution in [3.8, 4) is 5.75 Å². The summed E-state index contributed by atoms with van der Waals surface area (Å²) in [5, 5.41) is 0. The average molecular weight is 350 g/mol. The van der Waals surface area contributed by atoms with E-state index in [1.165, 1.54) is 9.36 Å². The van der Waals surface area contributed by atoms with Crippen molar-refractivity contribution < 1.29 is 9.53 Å². The Bertz CT molecular complexity index is 990. The highest BCUT2D eigenvalue weighted by molar-refractivity contribution is 5.95. The Balaban J connectivity index is 1.58. The number of rotatable bonds is 5. The van der Waals surface area contributed by atoms with Gasteiger partial charge in [0.05, 0.1) is 13.7 Å². The number of methoxy groups -OCH3 is 1. The Morgan fingerprint density at radius 1 is 1.04 bits per heavy atom. The van der Waals surface area contributed by atoms with E-state index in [0.29, 0.717) is 18.8 Å². The van der Waals surface area contributed by atoms with E-state index < -0.39 is 5.69 Å². The SMILES string of the molecule is COc1ccc(N2Cc3nc(=O)n(CCc4ccccc4)n3C2=O)cc1. The summed E-state index contributed by atoms with van der Waals surface area (Å²) in [6.07, 6.45) is 0.654. The van der Waals surface area contributed by atoms with E-state index >= 15 is 0 Å². The molecule has 0 saturated carbocycles. The standard InChI is InChI=1S/C19H18N4O3/c1-26-16-9-7-15(8-10-16)21-13-17-20-18(24)22(23(17)19(21)25)12-11-14-5-3-2-4-6-14/h2-10H,11-13H2,1H3. The minimum Gasteiger partial charge on any atom is -0.497 e. The lowest BCUT2D eigenvalue weighted by Gasteiger charge is -2.16. The first-order valence-corrected chi connectivity index (χ1v) is 8.36. The van der Waals surface area contributed by atoms with Crippen LogP contribution in [0.15, 0.2) is 59.4 Å². The molecule has 26 heavy (non-hydrogen) atoms. The smallest absolute Gasteiger partial charge is 0.364 e. The van der Waals surface area contributed by atoms with Crippen LogP contribution < -0.4 is 15.3 Å². The molecule has 0 N–H and O–H groups in total. The molecule has 1 amide bonds. The van der Waals surface area contributed by atoms with Crippen LogP contribution in [0.3, 0.4) is 0 Å². The van der Waals surface area contributed by atoms with Gasteiger partial charge in [-0.25, -0.2) is 14.3 Å². The van der Waals surface area contributed by atoms with Crippen LogP contribution >= 0.6 is 0 Å². The molecule has 0 saturated heterocycles. The fourth-order valence-corrected chi connectivity index (χ4v) is 3.12. The van der Waals surface area contributed by atoms with Gasteiger partial charge in [-0.05, 0) is 36.2 Å². The summed E-state index contributed by atoms with van der Waals surface area (Å²) in [5.41, 5.74) is 1.45. The van der Waals surface area contributed by atoms with Gasteiger partial charge in [0.2, 0.25) is 0 Å². The number of amides is 1. The lowest BCUT2D eigenvalue weighted by Crippen LogP contribution is -2.34. The number of benzene rings is 2. The minimum absolute atomic E-state index is 0.271. The van der Waals surface area contributed by atoms with Crippen molar-refractivity contribution >= 4 is 11.7 Å². The van der Waals surface area contributed by atoms with E-state index in [1.54, 1.807) is 24.1 Å². The molecule has 7 heteroatoms. The molecule has 0 atom stereocenters. The maximum atomic E-state index is 12.9. The largest absolute Gasteiger partial charge is 0.497 e. The van der Waals surface area contributed by atoms with Crippen LogP contribution in [0.4, 0.5) is 10.5 Å². The van der Waals surface area contributed by atoms with Gasteiger partial charge in [-0.3, -0.25) is 4.90 Å². The van der Waals surface area contributed by atoms with Crippen molar-refractivity contribution in [1.82, 2.24) is 14.3 Å². The summed E-state index contributed by atoms with van der Waals surface area (Å²) < 4.78 is 7.94. The average Bonchev–Trinajstić information content (AvgIpc) is 3.16. The van der Waals surface area contributed by atoms with Gasteiger partial charge in [-0.2, -0.15) is 9.67 Å². The molecule has 1 aliphatic heterocycles. The molecule has 0 aliphatic carbocycles. The van der Waals surface area contributed by atoms with Gasteiger partial charge in [-0.1, -0.05) is 30.3 Å². The van der Waals surface area contributed by atoms with Crippen LogP contribution in [0.2, 0.25) is 0 Å². The molecule has 2 aromatic carbocycles. The number of hydrogen-bond donors (Lipinski definition) is 0. The predicted octanol–water partition coefficient (Wildman–Crippen LogP) is 2.28. The Morgan fingerprint density at radius 2 is 1.77 bits per heavy atom. The number of fused-ring (bicyclic) bond motifs is 1. The molecule has 132 valence electrons. The maximum absolute atomic E-state index is 12.9. The molecule has 7 nitrogen and oxygen atoms in total. The van der Waals surface area contributed by atoms with Gasteiger partial charge in [-0.15, -0.1) is 0 Å². The first kappa shape index (κ1) is 16.1. The number of anilines is 1. The van der Waals surface area contributed by atoms with Gasteiger partial charge < -0.3 is 4.74 Å². The zero-order chi connectivity index (χ0) is 18.1. The predicted molar refractivity (Wildman–Crippen MR) is 96.6 cm³/mol. The second kappa shape index (κ2) is 6.51. The number of aromatic nitrogens is 3. The van der Waals surface area contributed by atoms with Gasteiger partial charge in [0, 0.05) is 12.2 Å². The third kappa shape index (κ3) is 2.77. The number of nitrogens with zero attached hydrogens (tertiary/aromatic N) is 4. The zero-order valence-corrected chi connectivity index (χ0v) is 14.3. The van der Waals surface area contributed by atoms with E-state index in [2.05, 4.69) is 4.98 Å². The first-order chi connectivity index (χ1) is 12.7. The summed E-state index contributed by atoms with van der Waals surface area (Å²) in [6.45, 7) is 0.677. The van der Waals surface area contributed by atoms with E-state index in [9.17, 15) is 9.59 Å². The van der Waals surface area contributed by atoms with E-state index in [1.807, 2.05) is 42.5 Å². The molecule has 4 rings (SSSR count). The van der Waals surface area contributed by atoms with Crippen molar-refractivity contribution in [1.29, 1.82) is 0 Å². The van der Waals surface area contributed by atoms with Crippen LogP contribution in [0.5, 0.6) is 5.75 Å². The van der Waals surface area contributed by atoms with Crippen molar-refractivity contribution in [3.63, 3.8) is 0 Å². The molecule has 0 unspecified atom stereocenters.